The van der Waals surface area contributed by atoms with Crippen LogP contribution in [0.2, 0.25) is 0 Å². The predicted octanol–water partition coefficient (Wildman–Crippen LogP) is 4.35. The highest BCUT2D eigenvalue weighted by molar-refractivity contribution is 7.13. The molecule has 0 saturated carbocycles. The molecule has 1 aliphatic rings. The van der Waals surface area contributed by atoms with Gasteiger partial charge in [0.25, 0.3) is 0 Å². The van der Waals surface area contributed by atoms with Crippen LogP contribution in [0.15, 0.2) is 23.6 Å². The zero-order chi connectivity index (χ0) is 11.3. The molecule has 0 saturated heterocycles. The van der Waals surface area contributed by atoms with Crippen LogP contribution in [0.5, 0.6) is 0 Å². The van der Waals surface area contributed by atoms with E-state index in [2.05, 4.69) is 0 Å². The number of fused-ring (bicyclic) bond motifs is 3. The normalized spacial score (nSPS) is 18.1. The van der Waals surface area contributed by atoms with Crippen molar-refractivity contribution in [2.75, 3.05) is 0 Å². The van der Waals surface area contributed by atoms with E-state index in [1.807, 2.05) is 18.4 Å². The van der Waals surface area contributed by atoms with E-state index >= 15 is 0 Å². The van der Waals surface area contributed by atoms with E-state index in [1.54, 1.807) is 0 Å². The first-order chi connectivity index (χ1) is 7.68. The second-order valence-corrected chi connectivity index (χ2v) is 5.11. The third-order valence-electron chi connectivity index (χ3n) is 3.13. The summed E-state index contributed by atoms with van der Waals surface area (Å²) in [5, 5.41) is 1.94. The molecular weight excluding hydrogens is 226 g/mol. The lowest BCUT2D eigenvalue weighted by atomic mass is 9.83. The van der Waals surface area contributed by atoms with Gasteiger partial charge in [-0.1, -0.05) is 6.92 Å². The van der Waals surface area contributed by atoms with Crippen LogP contribution >= 0.6 is 11.3 Å². The molecule has 1 aliphatic carbocycles. The molecule has 3 heteroatoms. The Kier molecular flexibility index (Phi) is 2.11. The second-order valence-electron chi connectivity index (χ2n) is 4.20. The number of halogens is 2. The van der Waals surface area contributed by atoms with E-state index in [-0.39, 0.29) is 17.6 Å². The summed E-state index contributed by atoms with van der Waals surface area (Å²) in [6.07, 6.45) is 0.798. The lowest BCUT2D eigenvalue weighted by Gasteiger charge is -2.23. The molecule has 0 radical (unpaired) electrons. The van der Waals surface area contributed by atoms with Gasteiger partial charge in [0, 0.05) is 16.0 Å². The van der Waals surface area contributed by atoms with Crippen molar-refractivity contribution in [2.45, 2.75) is 19.3 Å². The smallest absolute Gasteiger partial charge is 0.132 e. The van der Waals surface area contributed by atoms with Crippen LogP contribution in [-0.2, 0) is 6.42 Å². The molecule has 1 unspecified atom stereocenters. The number of hydrogen-bond acceptors (Lipinski definition) is 1. The van der Waals surface area contributed by atoms with E-state index in [1.165, 1.54) is 23.5 Å². The third-order valence-corrected chi connectivity index (χ3v) is 4.11. The molecule has 0 N–H and O–H groups in total. The van der Waals surface area contributed by atoms with Crippen molar-refractivity contribution in [3.63, 3.8) is 0 Å². The molecule has 0 amide bonds. The molecule has 0 nitrogen and oxygen atoms in total. The molecule has 16 heavy (non-hydrogen) atoms. The fraction of sp³-hybridized carbons (Fsp3) is 0.231. The maximum absolute atomic E-state index is 13.8. The van der Waals surface area contributed by atoms with Crippen molar-refractivity contribution in [1.82, 2.24) is 0 Å². The van der Waals surface area contributed by atoms with E-state index < -0.39 is 0 Å². The van der Waals surface area contributed by atoms with Crippen LogP contribution < -0.4 is 0 Å². The lowest BCUT2D eigenvalue weighted by molar-refractivity contribution is 0.566. The number of benzene rings is 1. The molecule has 0 fully saturated rings. The second kappa shape index (κ2) is 3.39. The maximum atomic E-state index is 13.8. The highest BCUT2D eigenvalue weighted by Gasteiger charge is 2.28. The first-order valence-electron chi connectivity index (χ1n) is 5.23. The molecule has 0 aliphatic heterocycles. The monoisotopic (exact) mass is 236 g/mol. The number of thiophene rings is 1. The zero-order valence-electron chi connectivity index (χ0n) is 8.76. The van der Waals surface area contributed by atoms with Gasteiger partial charge in [-0.15, -0.1) is 11.3 Å². The molecule has 1 aromatic heterocycles. The Morgan fingerprint density at radius 1 is 1.19 bits per heavy atom. The summed E-state index contributed by atoms with van der Waals surface area (Å²) >= 11 is 1.49. The van der Waals surface area contributed by atoms with Gasteiger partial charge in [-0.2, -0.15) is 0 Å². The molecule has 2 aromatic rings. The van der Waals surface area contributed by atoms with Gasteiger partial charge < -0.3 is 0 Å². The van der Waals surface area contributed by atoms with Crippen LogP contribution in [0.1, 0.15) is 24.0 Å². The molecule has 0 spiro atoms. The minimum Gasteiger partial charge on any atom is -0.207 e. The average Bonchev–Trinajstić information content (AvgIpc) is 2.70. The highest BCUT2D eigenvalue weighted by atomic mass is 32.1. The standard InChI is InChI=1S/C13H10F2S/c1-7-6-8-4-5-16-13(8)12-10(15)3-2-9(14)11(7)12/h2-5,7H,6H2,1H3. The molecule has 1 atom stereocenters. The summed E-state index contributed by atoms with van der Waals surface area (Å²) in [4.78, 5) is 0.894. The van der Waals surface area contributed by atoms with E-state index in [0.29, 0.717) is 11.1 Å². The molecule has 1 aromatic carbocycles. The van der Waals surface area contributed by atoms with Crippen LogP contribution in [0.4, 0.5) is 8.78 Å². The average molecular weight is 236 g/mol. The van der Waals surface area contributed by atoms with Gasteiger partial charge in [-0.05, 0) is 41.5 Å². The van der Waals surface area contributed by atoms with Crippen LogP contribution in [-0.4, -0.2) is 0 Å². The topological polar surface area (TPSA) is 0 Å². The maximum Gasteiger partial charge on any atom is 0.132 e. The van der Waals surface area contributed by atoms with Gasteiger partial charge in [-0.25, -0.2) is 8.78 Å². The SMILES string of the molecule is CC1Cc2ccsc2-c2c(F)ccc(F)c21. The largest absolute Gasteiger partial charge is 0.207 e. The Morgan fingerprint density at radius 3 is 2.75 bits per heavy atom. The van der Waals surface area contributed by atoms with Gasteiger partial charge in [0.05, 0.1) is 0 Å². The van der Waals surface area contributed by atoms with E-state index in [9.17, 15) is 8.78 Å². The lowest BCUT2D eigenvalue weighted by Crippen LogP contribution is -2.10. The summed E-state index contributed by atoms with van der Waals surface area (Å²) in [6, 6.07) is 4.45. The van der Waals surface area contributed by atoms with E-state index in [0.717, 1.165) is 16.9 Å². The molecular formula is C13H10F2S. The quantitative estimate of drug-likeness (QED) is 0.637. The molecule has 3 rings (SSSR count). The Morgan fingerprint density at radius 2 is 1.94 bits per heavy atom. The summed E-state index contributed by atoms with van der Waals surface area (Å²) < 4.78 is 27.6. The van der Waals surface area contributed by atoms with Crippen LogP contribution in [0, 0.1) is 11.6 Å². The molecule has 1 heterocycles. The van der Waals surface area contributed by atoms with Crippen molar-refractivity contribution < 1.29 is 8.78 Å². The predicted molar refractivity (Wildman–Crippen MR) is 61.8 cm³/mol. The fourth-order valence-corrected chi connectivity index (χ4v) is 3.42. The molecule has 82 valence electrons. The van der Waals surface area contributed by atoms with Crippen molar-refractivity contribution in [1.29, 1.82) is 0 Å². The minimum absolute atomic E-state index is 0.0489. The Hall–Kier alpha value is -1.22. The van der Waals surface area contributed by atoms with Crippen LogP contribution in [0.3, 0.4) is 0 Å². The van der Waals surface area contributed by atoms with Crippen molar-refractivity contribution >= 4 is 11.3 Å². The van der Waals surface area contributed by atoms with Gasteiger partial charge in [0.1, 0.15) is 11.6 Å². The highest BCUT2D eigenvalue weighted by Crippen LogP contribution is 2.44. The first-order valence-corrected chi connectivity index (χ1v) is 6.11. The summed E-state index contributed by atoms with van der Waals surface area (Å²) in [6.45, 7) is 1.95. The van der Waals surface area contributed by atoms with Gasteiger partial charge in [-0.3, -0.25) is 0 Å². The number of hydrogen-bond donors (Lipinski definition) is 0. The van der Waals surface area contributed by atoms with Gasteiger partial charge in [0.15, 0.2) is 0 Å². The minimum atomic E-state index is -0.313. The fourth-order valence-electron chi connectivity index (χ4n) is 2.43. The van der Waals surface area contributed by atoms with Crippen molar-refractivity contribution in [2.24, 2.45) is 0 Å². The number of rotatable bonds is 0. The summed E-state index contributed by atoms with van der Waals surface area (Å²) in [7, 11) is 0. The molecule has 0 bridgehead atoms. The van der Waals surface area contributed by atoms with Gasteiger partial charge in [0.2, 0.25) is 0 Å². The van der Waals surface area contributed by atoms with E-state index in [4.69, 9.17) is 0 Å². The Labute approximate surface area is 96.5 Å². The first kappa shape index (κ1) is 9.97. The Balaban J connectivity index is 2.38. The zero-order valence-corrected chi connectivity index (χ0v) is 9.57. The third kappa shape index (κ3) is 1.24. The van der Waals surface area contributed by atoms with Gasteiger partial charge >= 0.3 is 0 Å². The Bertz CT molecular complexity index is 557. The van der Waals surface area contributed by atoms with Crippen molar-refractivity contribution in [3.05, 3.63) is 46.3 Å². The summed E-state index contributed by atoms with van der Waals surface area (Å²) in [5.74, 6) is -0.553. The summed E-state index contributed by atoms with van der Waals surface area (Å²) in [5.41, 5.74) is 2.15. The van der Waals surface area contributed by atoms with Crippen molar-refractivity contribution in [3.8, 4) is 10.4 Å². The van der Waals surface area contributed by atoms with Crippen LogP contribution in [0.25, 0.3) is 10.4 Å².